The van der Waals surface area contributed by atoms with Gasteiger partial charge >= 0.3 is 5.97 Å². The lowest BCUT2D eigenvalue weighted by Gasteiger charge is -2.18. The number of aliphatic carboxylic acids is 1. The number of Topliss-reactive ketones (excluding diaryl/α,β-unsaturated/α-hetero) is 1. The molecule has 1 N–H and O–H groups in total. The lowest BCUT2D eigenvalue weighted by atomic mass is 9.87. The molecule has 0 aliphatic heterocycles. The number of carbonyl (C=O) groups excluding carboxylic acids is 1. The van der Waals surface area contributed by atoms with Gasteiger partial charge in [-0.2, -0.15) is 0 Å². The van der Waals surface area contributed by atoms with E-state index in [0.717, 1.165) is 17.5 Å². The van der Waals surface area contributed by atoms with Crippen molar-refractivity contribution < 1.29 is 14.7 Å². The highest BCUT2D eigenvalue weighted by atomic mass is 32.2. The van der Waals surface area contributed by atoms with Gasteiger partial charge in [0.1, 0.15) is 5.78 Å². The summed E-state index contributed by atoms with van der Waals surface area (Å²) < 4.78 is 0. The normalized spacial score (nSPS) is 20.1. The maximum Gasteiger partial charge on any atom is 0.310 e. The van der Waals surface area contributed by atoms with Crippen molar-refractivity contribution in [2.24, 2.45) is 5.92 Å². The molecule has 0 saturated heterocycles. The number of ketones is 1. The number of carboxylic acids is 1. The van der Waals surface area contributed by atoms with Crippen molar-refractivity contribution in [1.29, 1.82) is 0 Å². The van der Waals surface area contributed by atoms with Crippen molar-refractivity contribution in [3.8, 4) is 0 Å². The molecule has 0 amide bonds. The highest BCUT2D eigenvalue weighted by molar-refractivity contribution is 7.98. The first-order chi connectivity index (χ1) is 9.51. The van der Waals surface area contributed by atoms with Gasteiger partial charge in [0.25, 0.3) is 0 Å². The Morgan fingerprint density at radius 1 is 1.50 bits per heavy atom. The number of benzene rings is 1. The van der Waals surface area contributed by atoms with Crippen LogP contribution < -0.4 is 0 Å². The SMILES string of the molecule is CSc1ccc(C(C[C@H]2CCC(=O)C2)C(=O)O)cc1C. The fourth-order valence-corrected chi connectivity index (χ4v) is 3.51. The number of hydrogen-bond acceptors (Lipinski definition) is 3. The Bertz CT molecular complexity index is 524. The zero-order valence-corrected chi connectivity index (χ0v) is 12.7. The Morgan fingerprint density at radius 3 is 2.75 bits per heavy atom. The molecule has 1 aliphatic carbocycles. The topological polar surface area (TPSA) is 54.4 Å². The first kappa shape index (κ1) is 15.1. The van der Waals surface area contributed by atoms with E-state index in [4.69, 9.17) is 0 Å². The van der Waals surface area contributed by atoms with Crippen molar-refractivity contribution >= 4 is 23.5 Å². The fraction of sp³-hybridized carbons (Fsp3) is 0.500. The van der Waals surface area contributed by atoms with Crippen LogP contribution in [0.3, 0.4) is 0 Å². The molecule has 108 valence electrons. The van der Waals surface area contributed by atoms with Gasteiger partial charge in [0.05, 0.1) is 5.92 Å². The van der Waals surface area contributed by atoms with Crippen LogP contribution in [0.1, 0.15) is 42.7 Å². The van der Waals surface area contributed by atoms with Gasteiger partial charge in [-0.1, -0.05) is 12.1 Å². The molecule has 0 heterocycles. The summed E-state index contributed by atoms with van der Waals surface area (Å²) in [5, 5.41) is 9.48. The van der Waals surface area contributed by atoms with Gasteiger partial charge in [-0.05, 0) is 49.1 Å². The molecule has 2 atom stereocenters. The summed E-state index contributed by atoms with van der Waals surface area (Å²) in [6, 6.07) is 5.88. The molecule has 1 saturated carbocycles. The third kappa shape index (κ3) is 3.42. The van der Waals surface area contributed by atoms with Crippen molar-refractivity contribution in [2.75, 3.05) is 6.26 Å². The maximum atomic E-state index is 11.5. The summed E-state index contributed by atoms with van der Waals surface area (Å²) in [5.74, 6) is -0.793. The number of rotatable bonds is 5. The standard InChI is InChI=1S/C16H20O3S/c1-10-7-12(4-6-15(10)20-2)14(16(18)19)9-11-3-5-13(17)8-11/h4,6-7,11,14H,3,5,8-9H2,1-2H3,(H,18,19)/t11-,14?/m0/s1. The van der Waals surface area contributed by atoms with Crippen LogP contribution in [-0.4, -0.2) is 23.1 Å². The summed E-state index contributed by atoms with van der Waals surface area (Å²) in [7, 11) is 0. The van der Waals surface area contributed by atoms with Gasteiger partial charge in [0, 0.05) is 17.7 Å². The summed E-state index contributed by atoms with van der Waals surface area (Å²) in [6.07, 6.45) is 4.58. The molecule has 4 heteroatoms. The van der Waals surface area contributed by atoms with E-state index in [-0.39, 0.29) is 11.7 Å². The second-order valence-corrected chi connectivity index (χ2v) is 6.35. The van der Waals surface area contributed by atoms with Crippen molar-refractivity contribution in [3.05, 3.63) is 29.3 Å². The molecule has 0 radical (unpaired) electrons. The molecule has 1 aromatic rings. The Balaban J connectivity index is 2.18. The predicted molar refractivity (Wildman–Crippen MR) is 80.3 cm³/mol. The van der Waals surface area contributed by atoms with Crippen LogP contribution in [0, 0.1) is 12.8 Å². The number of thioether (sulfide) groups is 1. The third-order valence-corrected chi connectivity index (χ3v) is 4.93. The second kappa shape index (κ2) is 6.44. The highest BCUT2D eigenvalue weighted by Gasteiger charge is 2.29. The minimum Gasteiger partial charge on any atom is -0.481 e. The molecule has 3 nitrogen and oxygen atoms in total. The smallest absolute Gasteiger partial charge is 0.310 e. The summed E-state index contributed by atoms with van der Waals surface area (Å²) in [4.78, 5) is 24.0. The van der Waals surface area contributed by atoms with E-state index in [1.807, 2.05) is 31.4 Å². The highest BCUT2D eigenvalue weighted by Crippen LogP contribution is 2.34. The van der Waals surface area contributed by atoms with E-state index in [0.29, 0.717) is 19.3 Å². The summed E-state index contributed by atoms with van der Waals surface area (Å²) in [6.45, 7) is 2.01. The van der Waals surface area contributed by atoms with Crippen LogP contribution in [0.5, 0.6) is 0 Å². The lowest BCUT2D eigenvalue weighted by Crippen LogP contribution is -2.15. The van der Waals surface area contributed by atoms with E-state index >= 15 is 0 Å². The molecule has 1 aromatic carbocycles. The molecule has 0 spiro atoms. The van der Waals surface area contributed by atoms with Gasteiger partial charge in [0.15, 0.2) is 0 Å². The van der Waals surface area contributed by atoms with Crippen LogP contribution in [-0.2, 0) is 9.59 Å². The molecule has 1 aliphatic rings. The molecule has 20 heavy (non-hydrogen) atoms. The zero-order valence-electron chi connectivity index (χ0n) is 11.9. The molecule has 0 aromatic heterocycles. The number of aryl methyl sites for hydroxylation is 1. The molecule has 1 unspecified atom stereocenters. The quantitative estimate of drug-likeness (QED) is 0.842. The van der Waals surface area contributed by atoms with E-state index in [9.17, 15) is 14.7 Å². The zero-order chi connectivity index (χ0) is 14.7. The average Bonchev–Trinajstić information content (AvgIpc) is 2.81. The number of carbonyl (C=O) groups is 2. The maximum absolute atomic E-state index is 11.5. The minimum absolute atomic E-state index is 0.226. The van der Waals surface area contributed by atoms with Gasteiger partial charge in [-0.15, -0.1) is 11.8 Å². The van der Waals surface area contributed by atoms with Crippen LogP contribution in [0.4, 0.5) is 0 Å². The summed E-state index contributed by atoms with van der Waals surface area (Å²) >= 11 is 1.67. The predicted octanol–water partition coefficient (Wildman–Crippen LogP) is 3.64. The molecule has 0 bridgehead atoms. The number of carboxylic acid groups (broad SMARTS) is 1. The van der Waals surface area contributed by atoms with Crippen molar-refractivity contribution in [3.63, 3.8) is 0 Å². The molecular weight excluding hydrogens is 272 g/mol. The van der Waals surface area contributed by atoms with Gasteiger partial charge < -0.3 is 5.11 Å². The Labute approximate surface area is 123 Å². The van der Waals surface area contributed by atoms with Crippen LogP contribution in [0.2, 0.25) is 0 Å². The van der Waals surface area contributed by atoms with Crippen molar-refractivity contribution in [2.45, 2.75) is 43.4 Å². The average molecular weight is 292 g/mol. The monoisotopic (exact) mass is 292 g/mol. The minimum atomic E-state index is -0.791. The molecular formula is C16H20O3S. The Hall–Kier alpha value is -1.29. The van der Waals surface area contributed by atoms with Crippen LogP contribution in [0.15, 0.2) is 23.1 Å². The van der Waals surface area contributed by atoms with Gasteiger partial charge in [-0.3, -0.25) is 9.59 Å². The lowest BCUT2D eigenvalue weighted by molar-refractivity contribution is -0.139. The molecule has 1 fully saturated rings. The van der Waals surface area contributed by atoms with Crippen molar-refractivity contribution in [1.82, 2.24) is 0 Å². The van der Waals surface area contributed by atoms with E-state index < -0.39 is 11.9 Å². The van der Waals surface area contributed by atoms with Crippen LogP contribution in [0.25, 0.3) is 0 Å². The van der Waals surface area contributed by atoms with Gasteiger partial charge in [-0.25, -0.2) is 0 Å². The second-order valence-electron chi connectivity index (χ2n) is 5.50. The Morgan fingerprint density at radius 2 is 2.25 bits per heavy atom. The summed E-state index contributed by atoms with van der Waals surface area (Å²) in [5.41, 5.74) is 1.97. The first-order valence-corrected chi connectivity index (χ1v) is 8.12. The fourth-order valence-electron chi connectivity index (χ4n) is 2.92. The number of hydrogen-bond donors (Lipinski definition) is 1. The van der Waals surface area contributed by atoms with Gasteiger partial charge in [0.2, 0.25) is 0 Å². The third-order valence-electron chi connectivity index (χ3n) is 4.04. The van der Waals surface area contributed by atoms with E-state index in [1.165, 1.54) is 4.90 Å². The largest absolute Gasteiger partial charge is 0.481 e. The first-order valence-electron chi connectivity index (χ1n) is 6.90. The molecule has 2 rings (SSSR count). The Kier molecular flexibility index (Phi) is 4.86. The van der Waals surface area contributed by atoms with E-state index in [2.05, 4.69) is 0 Å². The van der Waals surface area contributed by atoms with Crippen LogP contribution >= 0.6 is 11.8 Å². The van der Waals surface area contributed by atoms with E-state index in [1.54, 1.807) is 11.8 Å².